The third-order valence-electron chi connectivity index (χ3n) is 2.05. The van der Waals surface area contributed by atoms with Crippen LogP contribution in [0.4, 0.5) is 4.39 Å². The quantitative estimate of drug-likeness (QED) is 0.673. The molecule has 0 spiro atoms. The molecule has 0 radical (unpaired) electrons. The average molecular weight is 254 g/mol. The number of halogens is 1. The third-order valence-corrected chi connectivity index (χ3v) is 2.87. The number of alkyl halides is 1. The van der Waals surface area contributed by atoms with E-state index in [1.165, 1.54) is 0 Å². The van der Waals surface area contributed by atoms with E-state index in [-0.39, 0.29) is 6.61 Å². The van der Waals surface area contributed by atoms with Gasteiger partial charge in [-0.05, 0) is 30.8 Å². The fraction of sp³-hybridized carbons (Fsp3) is 0.273. The Labute approximate surface area is 102 Å². The Kier molecular flexibility index (Phi) is 3.63. The normalized spacial score (nSPS) is 12.6. The molecule has 0 aliphatic rings. The first-order valence-corrected chi connectivity index (χ1v) is 6.00. The molecule has 1 heterocycles. The predicted octanol–water partition coefficient (Wildman–Crippen LogP) is 2.51. The Balaban J connectivity index is 2.10. The highest BCUT2D eigenvalue weighted by Crippen LogP contribution is 2.24. The van der Waals surface area contributed by atoms with E-state index in [1.807, 2.05) is 24.3 Å². The van der Waals surface area contributed by atoms with Gasteiger partial charge in [-0.25, -0.2) is 14.2 Å². The molecule has 17 heavy (non-hydrogen) atoms. The first-order valence-electron chi connectivity index (χ1n) is 5.13. The molecule has 6 heteroatoms. The standard InChI is InChI=1S/C11H11FN2O2S/c1-2-16-10(15)9(12)17-11-13-7-5-3-4-6-8(7)14-11/h3-6,9H,2H2,1H3,(H,13,14). The number of fused-ring (bicyclic) bond motifs is 1. The van der Waals surface area contributed by atoms with Crippen LogP contribution in [-0.2, 0) is 9.53 Å². The lowest BCUT2D eigenvalue weighted by Gasteiger charge is -2.04. The number of hydrogen-bond donors (Lipinski definition) is 1. The predicted molar refractivity (Wildman–Crippen MR) is 63.5 cm³/mol. The van der Waals surface area contributed by atoms with E-state index in [4.69, 9.17) is 0 Å². The van der Waals surface area contributed by atoms with Crippen LogP contribution in [0, 0.1) is 0 Å². The van der Waals surface area contributed by atoms with Gasteiger partial charge in [0.25, 0.3) is 0 Å². The monoisotopic (exact) mass is 254 g/mol. The number of esters is 1. The Hall–Kier alpha value is -1.56. The van der Waals surface area contributed by atoms with E-state index in [9.17, 15) is 9.18 Å². The molecule has 2 aromatic rings. The van der Waals surface area contributed by atoms with Crippen molar-refractivity contribution in [1.82, 2.24) is 9.97 Å². The molecule has 1 N–H and O–H groups in total. The Bertz CT molecular complexity index is 496. The van der Waals surface area contributed by atoms with Gasteiger partial charge in [0.1, 0.15) is 0 Å². The highest BCUT2D eigenvalue weighted by atomic mass is 32.2. The van der Waals surface area contributed by atoms with Crippen LogP contribution in [0.1, 0.15) is 6.92 Å². The van der Waals surface area contributed by atoms with Crippen LogP contribution in [0.25, 0.3) is 11.0 Å². The van der Waals surface area contributed by atoms with Crippen molar-refractivity contribution in [1.29, 1.82) is 0 Å². The Morgan fingerprint density at radius 3 is 3.06 bits per heavy atom. The number of carbonyl (C=O) groups excluding carboxylic acids is 1. The minimum Gasteiger partial charge on any atom is -0.463 e. The van der Waals surface area contributed by atoms with Gasteiger partial charge in [0.15, 0.2) is 5.16 Å². The number of aromatic nitrogens is 2. The van der Waals surface area contributed by atoms with E-state index in [1.54, 1.807) is 6.92 Å². The number of H-pyrrole nitrogens is 1. The number of nitrogens with zero attached hydrogens (tertiary/aromatic N) is 1. The fourth-order valence-electron chi connectivity index (χ4n) is 1.34. The minimum atomic E-state index is -1.75. The van der Waals surface area contributed by atoms with Crippen molar-refractivity contribution in [3.8, 4) is 0 Å². The number of aromatic amines is 1. The summed E-state index contributed by atoms with van der Waals surface area (Å²) in [6.45, 7) is 1.80. The topological polar surface area (TPSA) is 55.0 Å². The van der Waals surface area contributed by atoms with Gasteiger partial charge in [0, 0.05) is 0 Å². The maximum atomic E-state index is 13.4. The molecule has 0 bridgehead atoms. The van der Waals surface area contributed by atoms with E-state index in [0.717, 1.165) is 11.0 Å². The summed E-state index contributed by atoms with van der Waals surface area (Å²) in [5.41, 5.74) is -0.201. The van der Waals surface area contributed by atoms with Crippen molar-refractivity contribution >= 4 is 28.8 Å². The molecule has 4 nitrogen and oxygen atoms in total. The van der Waals surface area contributed by atoms with Gasteiger partial charge >= 0.3 is 5.97 Å². The number of para-hydroxylation sites is 2. The number of hydrogen-bond acceptors (Lipinski definition) is 4. The van der Waals surface area contributed by atoms with Crippen molar-refractivity contribution in [3.63, 3.8) is 0 Å². The number of thioether (sulfide) groups is 1. The number of nitrogens with one attached hydrogen (secondary N) is 1. The molecule has 1 atom stereocenters. The molecule has 90 valence electrons. The van der Waals surface area contributed by atoms with Crippen molar-refractivity contribution in [2.24, 2.45) is 0 Å². The fourth-order valence-corrected chi connectivity index (χ4v) is 2.02. The zero-order valence-corrected chi connectivity index (χ0v) is 9.96. The number of rotatable bonds is 4. The van der Waals surface area contributed by atoms with Crippen LogP contribution in [0.5, 0.6) is 0 Å². The molecule has 0 saturated carbocycles. The molecule has 0 amide bonds. The first-order chi connectivity index (χ1) is 8.20. The summed E-state index contributed by atoms with van der Waals surface area (Å²) in [4.78, 5) is 18.2. The molecule has 0 fully saturated rings. The maximum Gasteiger partial charge on any atom is 0.351 e. The van der Waals surface area contributed by atoms with Crippen molar-refractivity contribution in [2.75, 3.05) is 6.61 Å². The summed E-state index contributed by atoms with van der Waals surface area (Å²) in [6.07, 6.45) is 0. The van der Waals surface area contributed by atoms with Crippen LogP contribution in [-0.4, -0.2) is 28.0 Å². The summed E-state index contributed by atoms with van der Waals surface area (Å²) in [6, 6.07) is 7.35. The lowest BCUT2D eigenvalue weighted by molar-refractivity contribution is -0.145. The molecular weight excluding hydrogens is 243 g/mol. The summed E-state index contributed by atoms with van der Waals surface area (Å²) in [7, 11) is 0. The largest absolute Gasteiger partial charge is 0.463 e. The van der Waals surface area contributed by atoms with Gasteiger partial charge in [0.2, 0.25) is 5.50 Å². The van der Waals surface area contributed by atoms with Gasteiger partial charge in [-0.1, -0.05) is 12.1 Å². The molecule has 0 aliphatic carbocycles. The summed E-state index contributed by atoms with van der Waals surface area (Å²) in [5, 5.41) is 0.367. The molecular formula is C11H11FN2O2S. The number of carbonyl (C=O) groups is 1. The van der Waals surface area contributed by atoms with Gasteiger partial charge in [-0.15, -0.1) is 0 Å². The van der Waals surface area contributed by atoms with E-state index in [2.05, 4.69) is 14.7 Å². The molecule has 0 saturated heterocycles. The molecule has 0 aliphatic heterocycles. The van der Waals surface area contributed by atoms with Gasteiger partial charge in [-0.3, -0.25) is 0 Å². The highest BCUT2D eigenvalue weighted by molar-refractivity contribution is 8.00. The lowest BCUT2D eigenvalue weighted by atomic mass is 10.3. The summed E-state index contributed by atoms with van der Waals surface area (Å²) < 4.78 is 18.0. The van der Waals surface area contributed by atoms with Gasteiger partial charge in [-0.2, -0.15) is 0 Å². The zero-order valence-electron chi connectivity index (χ0n) is 9.14. The van der Waals surface area contributed by atoms with E-state index < -0.39 is 11.5 Å². The van der Waals surface area contributed by atoms with Crippen molar-refractivity contribution < 1.29 is 13.9 Å². The molecule has 1 aromatic carbocycles. The number of imidazole rings is 1. The van der Waals surface area contributed by atoms with E-state index in [0.29, 0.717) is 16.9 Å². The van der Waals surface area contributed by atoms with Crippen LogP contribution in [0.2, 0.25) is 0 Å². The summed E-state index contributed by atoms with van der Waals surface area (Å²) in [5.74, 6) is -0.877. The first kappa shape index (κ1) is 11.9. The van der Waals surface area contributed by atoms with Crippen molar-refractivity contribution in [3.05, 3.63) is 24.3 Å². The number of benzene rings is 1. The highest BCUT2D eigenvalue weighted by Gasteiger charge is 2.21. The SMILES string of the molecule is CCOC(=O)C(F)Sc1nc2ccccc2[nH]1. The van der Waals surface area contributed by atoms with Gasteiger partial charge in [0.05, 0.1) is 17.6 Å². The Morgan fingerprint density at radius 2 is 2.35 bits per heavy atom. The Morgan fingerprint density at radius 1 is 1.59 bits per heavy atom. The lowest BCUT2D eigenvalue weighted by Crippen LogP contribution is -2.15. The van der Waals surface area contributed by atoms with Crippen LogP contribution in [0.15, 0.2) is 29.4 Å². The van der Waals surface area contributed by atoms with Crippen LogP contribution < -0.4 is 0 Å². The van der Waals surface area contributed by atoms with Crippen molar-refractivity contribution in [2.45, 2.75) is 17.6 Å². The minimum absolute atomic E-state index is 0.167. The zero-order chi connectivity index (χ0) is 12.3. The number of ether oxygens (including phenoxy) is 1. The molecule has 2 rings (SSSR count). The van der Waals surface area contributed by atoms with Crippen LogP contribution in [0.3, 0.4) is 0 Å². The summed E-state index contributed by atoms with van der Waals surface area (Å²) >= 11 is 0.709. The van der Waals surface area contributed by atoms with Gasteiger partial charge < -0.3 is 9.72 Å². The maximum absolute atomic E-state index is 13.4. The second kappa shape index (κ2) is 5.18. The average Bonchev–Trinajstić information content (AvgIpc) is 2.71. The molecule has 1 unspecified atom stereocenters. The second-order valence-corrected chi connectivity index (χ2v) is 4.28. The van der Waals surface area contributed by atoms with E-state index >= 15 is 0 Å². The van der Waals surface area contributed by atoms with Crippen LogP contribution >= 0.6 is 11.8 Å². The second-order valence-electron chi connectivity index (χ2n) is 3.25. The third kappa shape index (κ3) is 2.76. The molecule has 1 aromatic heterocycles. The smallest absolute Gasteiger partial charge is 0.351 e.